The third-order valence-corrected chi connectivity index (χ3v) is 4.49. The van der Waals surface area contributed by atoms with Crippen molar-refractivity contribution in [2.24, 2.45) is 0 Å². The van der Waals surface area contributed by atoms with Crippen molar-refractivity contribution in [2.45, 2.75) is 4.90 Å². The maximum atomic E-state index is 12.2. The highest BCUT2D eigenvalue weighted by Gasteiger charge is 2.16. The van der Waals surface area contributed by atoms with E-state index < -0.39 is 21.6 Å². The van der Waals surface area contributed by atoms with E-state index in [1.807, 2.05) is 0 Å². The molecule has 0 saturated carbocycles. The largest absolute Gasteiger partial charge is 0.545 e. The molecule has 0 spiro atoms. The number of carbonyl (C=O) groups is 1. The van der Waals surface area contributed by atoms with Gasteiger partial charge in [-0.3, -0.25) is 4.72 Å². The first-order valence-electron chi connectivity index (χ1n) is 5.59. The third kappa shape index (κ3) is 3.66. The molecule has 0 atom stereocenters. The Hall–Kier alpha value is -1.76. The molecule has 2 rings (SSSR count). The van der Waals surface area contributed by atoms with Crippen LogP contribution in [-0.4, -0.2) is 14.4 Å². The van der Waals surface area contributed by atoms with Crippen LogP contribution in [-0.2, 0) is 10.0 Å². The smallest absolute Gasteiger partial charge is 0.261 e. The van der Waals surface area contributed by atoms with E-state index in [0.29, 0.717) is 5.02 Å². The summed E-state index contributed by atoms with van der Waals surface area (Å²) in [5.74, 6) is -1.56. The van der Waals surface area contributed by atoms with Crippen molar-refractivity contribution in [3.05, 3.63) is 58.1 Å². The molecule has 8 heteroatoms. The highest BCUT2D eigenvalue weighted by atomic mass is 35.5. The molecule has 5 nitrogen and oxygen atoms in total. The van der Waals surface area contributed by atoms with Gasteiger partial charge in [-0.15, -0.1) is 0 Å². The van der Waals surface area contributed by atoms with Crippen molar-refractivity contribution in [3.63, 3.8) is 0 Å². The number of carboxylic acids is 1. The second-order valence-corrected chi connectivity index (χ2v) is 6.57. The molecule has 0 bridgehead atoms. The number of benzene rings is 2. The van der Waals surface area contributed by atoms with E-state index >= 15 is 0 Å². The molecule has 21 heavy (non-hydrogen) atoms. The maximum Gasteiger partial charge on any atom is 0.261 e. The van der Waals surface area contributed by atoms with Crippen LogP contribution in [0.3, 0.4) is 0 Å². The van der Waals surface area contributed by atoms with Crippen LogP contribution in [0.1, 0.15) is 10.4 Å². The van der Waals surface area contributed by atoms with Crippen molar-refractivity contribution < 1.29 is 18.3 Å². The summed E-state index contributed by atoms with van der Waals surface area (Å²) in [6.45, 7) is 0. The zero-order chi connectivity index (χ0) is 15.6. The van der Waals surface area contributed by atoms with Gasteiger partial charge in [-0.2, -0.15) is 0 Å². The van der Waals surface area contributed by atoms with Gasteiger partial charge in [0, 0.05) is 15.6 Å². The fourth-order valence-corrected chi connectivity index (χ4v) is 3.05. The lowest BCUT2D eigenvalue weighted by Gasteiger charge is -2.11. The molecule has 0 amide bonds. The fraction of sp³-hybridized carbons (Fsp3) is 0. The lowest BCUT2D eigenvalue weighted by molar-refractivity contribution is -0.255. The van der Waals surface area contributed by atoms with Crippen molar-refractivity contribution in [2.75, 3.05) is 4.72 Å². The number of carboxylic acid groups (broad SMARTS) is 1. The zero-order valence-corrected chi connectivity index (χ0v) is 12.7. The summed E-state index contributed by atoms with van der Waals surface area (Å²) in [5.41, 5.74) is -0.141. The fourth-order valence-electron chi connectivity index (χ4n) is 1.59. The van der Waals surface area contributed by atoms with Crippen LogP contribution in [0, 0.1) is 0 Å². The molecule has 0 fully saturated rings. The van der Waals surface area contributed by atoms with E-state index in [-0.39, 0.29) is 15.6 Å². The number of anilines is 1. The Bertz CT molecular complexity index is 806. The van der Waals surface area contributed by atoms with Gasteiger partial charge in [-0.25, -0.2) is 8.42 Å². The van der Waals surface area contributed by atoms with Gasteiger partial charge < -0.3 is 9.90 Å². The molecule has 0 radical (unpaired) electrons. The Morgan fingerprint density at radius 3 is 2.43 bits per heavy atom. The minimum Gasteiger partial charge on any atom is -0.545 e. The summed E-state index contributed by atoms with van der Waals surface area (Å²) < 4.78 is 26.7. The molecule has 0 aliphatic heterocycles. The predicted molar refractivity (Wildman–Crippen MR) is 78.0 cm³/mol. The first-order chi connectivity index (χ1) is 9.79. The van der Waals surface area contributed by atoms with Crippen LogP contribution >= 0.6 is 23.2 Å². The monoisotopic (exact) mass is 344 g/mol. The van der Waals surface area contributed by atoms with E-state index in [4.69, 9.17) is 23.2 Å². The van der Waals surface area contributed by atoms with E-state index in [2.05, 4.69) is 4.72 Å². The summed E-state index contributed by atoms with van der Waals surface area (Å²) >= 11 is 11.4. The number of hydrogen-bond donors (Lipinski definition) is 1. The van der Waals surface area contributed by atoms with Crippen LogP contribution in [0.2, 0.25) is 10.0 Å². The van der Waals surface area contributed by atoms with Crippen molar-refractivity contribution in [1.82, 2.24) is 0 Å². The Morgan fingerprint density at radius 2 is 1.81 bits per heavy atom. The van der Waals surface area contributed by atoms with Gasteiger partial charge in [0.2, 0.25) is 0 Å². The number of sulfonamides is 1. The van der Waals surface area contributed by atoms with E-state index in [9.17, 15) is 18.3 Å². The molecular weight excluding hydrogens is 337 g/mol. The van der Waals surface area contributed by atoms with Gasteiger partial charge in [-0.1, -0.05) is 29.3 Å². The molecule has 1 N–H and O–H groups in total. The molecular formula is C13H8Cl2NO4S-. The number of halogens is 2. The molecule has 0 aliphatic carbocycles. The topological polar surface area (TPSA) is 86.3 Å². The lowest BCUT2D eigenvalue weighted by atomic mass is 10.2. The third-order valence-electron chi connectivity index (χ3n) is 2.54. The Labute approximate surface area is 131 Å². The van der Waals surface area contributed by atoms with Gasteiger partial charge in [-0.05, 0) is 36.4 Å². The van der Waals surface area contributed by atoms with E-state index in [0.717, 1.165) is 6.07 Å². The number of hydrogen-bond acceptors (Lipinski definition) is 4. The van der Waals surface area contributed by atoms with Gasteiger partial charge in [0.15, 0.2) is 0 Å². The minimum absolute atomic E-state index is 0.100. The van der Waals surface area contributed by atoms with Crippen molar-refractivity contribution >= 4 is 44.9 Å². The summed E-state index contributed by atoms with van der Waals surface area (Å²) in [5, 5.41) is 11.1. The number of carbonyl (C=O) groups excluding carboxylic acids is 1. The molecule has 2 aromatic rings. The molecule has 2 aromatic carbocycles. The first kappa shape index (κ1) is 15.6. The average Bonchev–Trinajstić information content (AvgIpc) is 2.38. The zero-order valence-electron chi connectivity index (χ0n) is 10.3. The SMILES string of the molecule is O=C([O-])c1cc(S(=O)(=O)Nc2cccc(Cl)c2)ccc1Cl. The molecule has 0 saturated heterocycles. The van der Waals surface area contributed by atoms with Gasteiger partial charge in [0.1, 0.15) is 0 Å². The number of nitrogens with one attached hydrogen (secondary N) is 1. The second kappa shape index (κ2) is 5.93. The van der Waals surface area contributed by atoms with Gasteiger partial charge >= 0.3 is 0 Å². The van der Waals surface area contributed by atoms with Crippen LogP contribution in [0.15, 0.2) is 47.4 Å². The van der Waals surface area contributed by atoms with Gasteiger partial charge in [0.25, 0.3) is 10.0 Å². The Morgan fingerprint density at radius 1 is 1.10 bits per heavy atom. The summed E-state index contributed by atoms with van der Waals surface area (Å²) in [4.78, 5) is 10.6. The highest BCUT2D eigenvalue weighted by Crippen LogP contribution is 2.23. The normalized spacial score (nSPS) is 11.1. The Balaban J connectivity index is 2.40. The van der Waals surface area contributed by atoms with Crippen LogP contribution in [0.25, 0.3) is 0 Å². The van der Waals surface area contributed by atoms with Gasteiger partial charge in [0.05, 0.1) is 16.6 Å². The highest BCUT2D eigenvalue weighted by molar-refractivity contribution is 7.92. The summed E-state index contributed by atoms with van der Waals surface area (Å²) in [6, 6.07) is 9.42. The van der Waals surface area contributed by atoms with Crippen LogP contribution < -0.4 is 9.83 Å². The lowest BCUT2D eigenvalue weighted by Crippen LogP contribution is -2.23. The number of rotatable bonds is 4. The van der Waals surface area contributed by atoms with E-state index in [1.54, 1.807) is 12.1 Å². The quantitative estimate of drug-likeness (QED) is 0.920. The predicted octanol–water partition coefficient (Wildman–Crippen LogP) is 2.16. The standard InChI is InChI=1S/C13H9Cl2NO4S/c14-8-2-1-3-9(6-8)16-21(19,20)10-4-5-12(15)11(7-10)13(17)18/h1-7,16H,(H,17,18)/p-1. The molecule has 0 aromatic heterocycles. The molecule has 110 valence electrons. The summed E-state index contributed by atoms with van der Waals surface area (Å²) in [7, 11) is -3.96. The van der Waals surface area contributed by atoms with E-state index in [1.165, 1.54) is 24.3 Å². The van der Waals surface area contributed by atoms with Crippen LogP contribution in [0.5, 0.6) is 0 Å². The number of aromatic carboxylic acids is 1. The summed E-state index contributed by atoms with van der Waals surface area (Å²) in [6.07, 6.45) is 0. The minimum atomic E-state index is -3.96. The maximum absolute atomic E-state index is 12.2. The van der Waals surface area contributed by atoms with Crippen molar-refractivity contribution in [1.29, 1.82) is 0 Å². The molecule has 0 heterocycles. The average molecular weight is 345 g/mol. The van der Waals surface area contributed by atoms with Crippen molar-refractivity contribution in [3.8, 4) is 0 Å². The first-order valence-corrected chi connectivity index (χ1v) is 7.83. The second-order valence-electron chi connectivity index (χ2n) is 4.04. The molecule has 0 aliphatic rings. The van der Waals surface area contributed by atoms with Crippen LogP contribution in [0.4, 0.5) is 5.69 Å². The molecule has 0 unspecified atom stereocenters. The Kier molecular flexibility index (Phi) is 4.41.